The van der Waals surface area contributed by atoms with Crippen LogP contribution >= 0.6 is 28.3 Å². The van der Waals surface area contributed by atoms with Crippen LogP contribution in [0.2, 0.25) is 0 Å². The molecule has 2 aromatic carbocycles. The third-order valence-corrected chi connectivity index (χ3v) is 4.83. The summed E-state index contributed by atoms with van der Waals surface area (Å²) >= 11 is 3.61. The zero-order valence-corrected chi connectivity index (χ0v) is 17.3. The molecule has 0 spiro atoms. The van der Waals surface area contributed by atoms with Crippen LogP contribution in [0.3, 0.4) is 0 Å². The Balaban J connectivity index is 0.00000243. The van der Waals surface area contributed by atoms with E-state index in [1.165, 1.54) is 6.42 Å². The second-order valence-electron chi connectivity index (χ2n) is 6.15. The molecular weight excluding hydrogens is 418 g/mol. The second-order valence-corrected chi connectivity index (χ2v) is 7.00. The van der Waals surface area contributed by atoms with Gasteiger partial charge in [0.05, 0.1) is 17.7 Å². The Bertz CT molecular complexity index is 678. The van der Waals surface area contributed by atoms with Crippen LogP contribution in [-0.4, -0.2) is 26.4 Å². The number of rotatable bonds is 8. The Morgan fingerprint density at radius 2 is 2.00 bits per heavy atom. The highest BCUT2D eigenvalue weighted by atomic mass is 79.9. The predicted octanol–water partition coefficient (Wildman–Crippen LogP) is 4.73. The molecule has 0 amide bonds. The molecule has 26 heavy (non-hydrogen) atoms. The van der Waals surface area contributed by atoms with Crippen LogP contribution in [0.15, 0.2) is 46.9 Å². The zero-order chi connectivity index (χ0) is 17.5. The lowest BCUT2D eigenvalue weighted by atomic mass is 10.2. The third kappa shape index (κ3) is 5.88. The molecule has 1 atom stereocenters. The van der Waals surface area contributed by atoms with Crippen LogP contribution < -0.4 is 14.8 Å². The minimum atomic E-state index is 0. The average molecular weight is 443 g/mol. The van der Waals surface area contributed by atoms with E-state index in [0.717, 1.165) is 53.2 Å². The van der Waals surface area contributed by atoms with Gasteiger partial charge in [-0.1, -0.05) is 30.3 Å². The van der Waals surface area contributed by atoms with Gasteiger partial charge in [0.25, 0.3) is 0 Å². The van der Waals surface area contributed by atoms with Gasteiger partial charge < -0.3 is 19.5 Å². The first-order valence-corrected chi connectivity index (χ1v) is 9.41. The van der Waals surface area contributed by atoms with E-state index >= 15 is 0 Å². The molecular formula is C20H25BrClNO3. The van der Waals surface area contributed by atoms with Crippen LogP contribution in [0.1, 0.15) is 24.0 Å². The van der Waals surface area contributed by atoms with Crippen molar-refractivity contribution in [3.8, 4) is 11.5 Å². The van der Waals surface area contributed by atoms with Gasteiger partial charge in [-0.2, -0.15) is 0 Å². The first-order valence-electron chi connectivity index (χ1n) is 8.61. The van der Waals surface area contributed by atoms with Gasteiger partial charge in [-0.15, -0.1) is 12.4 Å². The number of methoxy groups -OCH3 is 1. The number of hydrogen-bond donors (Lipinski definition) is 1. The van der Waals surface area contributed by atoms with Gasteiger partial charge >= 0.3 is 0 Å². The van der Waals surface area contributed by atoms with Crippen molar-refractivity contribution in [1.82, 2.24) is 5.32 Å². The van der Waals surface area contributed by atoms with Crippen molar-refractivity contribution >= 4 is 28.3 Å². The van der Waals surface area contributed by atoms with Crippen LogP contribution in [0, 0.1) is 0 Å². The smallest absolute Gasteiger partial charge is 0.175 e. The summed E-state index contributed by atoms with van der Waals surface area (Å²) in [5.74, 6) is 1.47. The number of hydrogen-bond acceptors (Lipinski definition) is 4. The fraction of sp³-hybridized carbons (Fsp3) is 0.400. The van der Waals surface area contributed by atoms with E-state index < -0.39 is 0 Å². The molecule has 0 aromatic heterocycles. The highest BCUT2D eigenvalue weighted by Crippen LogP contribution is 2.37. The molecule has 1 fully saturated rings. The maximum absolute atomic E-state index is 5.97. The van der Waals surface area contributed by atoms with E-state index in [4.69, 9.17) is 14.2 Å². The van der Waals surface area contributed by atoms with Gasteiger partial charge in [0, 0.05) is 19.7 Å². The van der Waals surface area contributed by atoms with E-state index in [9.17, 15) is 0 Å². The molecule has 6 heteroatoms. The Morgan fingerprint density at radius 1 is 1.19 bits per heavy atom. The van der Waals surface area contributed by atoms with Gasteiger partial charge in [-0.05, 0) is 52.0 Å². The fourth-order valence-electron chi connectivity index (χ4n) is 2.93. The third-order valence-electron chi connectivity index (χ3n) is 4.24. The minimum absolute atomic E-state index is 0. The van der Waals surface area contributed by atoms with Crippen molar-refractivity contribution in [3.63, 3.8) is 0 Å². The lowest BCUT2D eigenvalue weighted by Gasteiger charge is -2.15. The zero-order valence-electron chi connectivity index (χ0n) is 14.9. The topological polar surface area (TPSA) is 39.7 Å². The number of nitrogens with one attached hydrogen (secondary N) is 1. The number of ether oxygens (including phenoxy) is 3. The molecule has 0 bridgehead atoms. The van der Waals surface area contributed by atoms with Crippen molar-refractivity contribution in [2.75, 3.05) is 20.3 Å². The quantitative estimate of drug-likeness (QED) is 0.642. The minimum Gasteiger partial charge on any atom is -0.493 e. The lowest BCUT2D eigenvalue weighted by molar-refractivity contribution is 0.110. The molecule has 1 saturated heterocycles. The standard InChI is InChI=1S/C20H24BrNO3.ClH/c1-23-19-11-16(12-22-13-17-8-5-9-24-17)10-18(21)20(19)25-14-15-6-3-2-4-7-15;/h2-4,6-7,10-11,17,22H,5,8-9,12-14H2,1H3;1H. The van der Waals surface area contributed by atoms with Crippen LogP contribution in [0.4, 0.5) is 0 Å². The summed E-state index contributed by atoms with van der Waals surface area (Å²) in [6, 6.07) is 14.2. The maximum Gasteiger partial charge on any atom is 0.175 e. The summed E-state index contributed by atoms with van der Waals surface area (Å²) in [6.45, 7) is 3.05. The molecule has 0 saturated carbocycles. The maximum atomic E-state index is 5.97. The van der Waals surface area contributed by atoms with Crippen molar-refractivity contribution in [2.24, 2.45) is 0 Å². The molecule has 1 unspecified atom stereocenters. The van der Waals surface area contributed by atoms with Crippen LogP contribution in [0.25, 0.3) is 0 Å². The monoisotopic (exact) mass is 441 g/mol. The normalized spacial score (nSPS) is 16.2. The van der Waals surface area contributed by atoms with E-state index in [0.29, 0.717) is 12.7 Å². The molecule has 142 valence electrons. The summed E-state index contributed by atoms with van der Waals surface area (Å²) in [6.07, 6.45) is 2.66. The van der Waals surface area contributed by atoms with Crippen LogP contribution in [0.5, 0.6) is 11.5 Å². The van der Waals surface area contributed by atoms with E-state index in [2.05, 4.69) is 27.3 Å². The van der Waals surface area contributed by atoms with E-state index in [1.807, 2.05) is 36.4 Å². The highest BCUT2D eigenvalue weighted by Gasteiger charge is 2.15. The van der Waals surface area contributed by atoms with Crippen LogP contribution in [-0.2, 0) is 17.9 Å². The van der Waals surface area contributed by atoms with Gasteiger partial charge in [0.2, 0.25) is 0 Å². The van der Waals surface area contributed by atoms with Gasteiger partial charge in [-0.3, -0.25) is 0 Å². The molecule has 1 heterocycles. The Morgan fingerprint density at radius 3 is 2.69 bits per heavy atom. The lowest BCUT2D eigenvalue weighted by Crippen LogP contribution is -2.25. The molecule has 0 radical (unpaired) electrons. The summed E-state index contributed by atoms with van der Waals surface area (Å²) < 4.78 is 18.0. The number of benzene rings is 2. The average Bonchev–Trinajstić information content (AvgIpc) is 3.15. The van der Waals surface area contributed by atoms with E-state index in [-0.39, 0.29) is 12.4 Å². The second kappa shape index (κ2) is 10.8. The predicted molar refractivity (Wildman–Crippen MR) is 109 cm³/mol. The van der Waals surface area contributed by atoms with Crippen molar-refractivity contribution < 1.29 is 14.2 Å². The summed E-state index contributed by atoms with van der Waals surface area (Å²) in [4.78, 5) is 0. The first kappa shape index (κ1) is 21.0. The van der Waals surface area contributed by atoms with Gasteiger partial charge in [-0.25, -0.2) is 0 Å². The summed E-state index contributed by atoms with van der Waals surface area (Å²) in [5.41, 5.74) is 2.27. The molecule has 4 nitrogen and oxygen atoms in total. The van der Waals surface area contributed by atoms with Crippen molar-refractivity contribution in [1.29, 1.82) is 0 Å². The summed E-state index contributed by atoms with van der Waals surface area (Å²) in [5, 5.41) is 3.46. The molecule has 1 aliphatic heterocycles. The SMILES string of the molecule is COc1cc(CNCC2CCCO2)cc(Br)c1OCc1ccccc1.Cl. The number of halogens is 2. The molecule has 2 aromatic rings. The molecule has 1 N–H and O–H groups in total. The Kier molecular flexibility index (Phi) is 8.72. The Hall–Kier alpha value is -1.27. The molecule has 3 rings (SSSR count). The van der Waals surface area contributed by atoms with Crippen molar-refractivity contribution in [3.05, 3.63) is 58.1 Å². The van der Waals surface area contributed by atoms with Gasteiger partial charge in [0.15, 0.2) is 11.5 Å². The largest absolute Gasteiger partial charge is 0.493 e. The van der Waals surface area contributed by atoms with Gasteiger partial charge in [0.1, 0.15) is 6.61 Å². The van der Waals surface area contributed by atoms with E-state index in [1.54, 1.807) is 7.11 Å². The Labute approximate surface area is 169 Å². The first-order chi connectivity index (χ1) is 12.3. The highest BCUT2D eigenvalue weighted by molar-refractivity contribution is 9.10. The van der Waals surface area contributed by atoms with Crippen molar-refractivity contribution in [2.45, 2.75) is 32.1 Å². The molecule has 1 aliphatic rings. The summed E-state index contributed by atoms with van der Waals surface area (Å²) in [7, 11) is 1.67. The molecule has 0 aliphatic carbocycles. The fourth-order valence-corrected chi connectivity index (χ4v) is 3.53.